The summed E-state index contributed by atoms with van der Waals surface area (Å²) in [6.07, 6.45) is 1.62. The summed E-state index contributed by atoms with van der Waals surface area (Å²) in [7, 11) is -3.73. The van der Waals surface area contributed by atoms with E-state index in [4.69, 9.17) is 4.74 Å². The first kappa shape index (κ1) is 23.6. The van der Waals surface area contributed by atoms with Crippen molar-refractivity contribution in [3.8, 4) is 11.5 Å². The van der Waals surface area contributed by atoms with Gasteiger partial charge in [0.2, 0.25) is 0 Å². The third kappa shape index (κ3) is 5.67. The van der Waals surface area contributed by atoms with Crippen molar-refractivity contribution in [2.24, 2.45) is 0 Å². The van der Waals surface area contributed by atoms with E-state index < -0.39 is 15.9 Å². The molecular formula is C25H22N2O5S2. The average Bonchev–Trinajstić information content (AvgIpc) is 3.12. The van der Waals surface area contributed by atoms with Crippen LogP contribution in [0.25, 0.3) is 6.08 Å². The number of anilines is 1. The fraction of sp³-hybridized carbons (Fsp3) is 0.120. The molecule has 0 radical (unpaired) electrons. The Bertz CT molecular complexity index is 1350. The van der Waals surface area contributed by atoms with Crippen LogP contribution in [-0.4, -0.2) is 19.6 Å². The first-order valence-corrected chi connectivity index (χ1v) is 12.8. The van der Waals surface area contributed by atoms with Crippen LogP contribution < -0.4 is 14.8 Å². The van der Waals surface area contributed by atoms with Crippen LogP contribution in [0.1, 0.15) is 30.9 Å². The molecule has 1 heterocycles. The van der Waals surface area contributed by atoms with E-state index in [9.17, 15) is 18.0 Å². The molecule has 0 bridgehead atoms. The molecule has 2 amide bonds. The molecule has 0 saturated carbocycles. The summed E-state index contributed by atoms with van der Waals surface area (Å²) in [5, 5.41) is 1.82. The van der Waals surface area contributed by atoms with E-state index in [0.717, 1.165) is 22.9 Å². The van der Waals surface area contributed by atoms with Crippen molar-refractivity contribution in [2.75, 3.05) is 4.72 Å². The number of nitrogens with one attached hydrogen (secondary N) is 2. The van der Waals surface area contributed by atoms with E-state index in [1.54, 1.807) is 54.6 Å². The number of benzene rings is 3. The van der Waals surface area contributed by atoms with Gasteiger partial charge in [0, 0.05) is 5.69 Å². The quantitative estimate of drug-likeness (QED) is 0.407. The fourth-order valence-electron chi connectivity index (χ4n) is 3.18. The van der Waals surface area contributed by atoms with Crippen LogP contribution in [0.5, 0.6) is 11.5 Å². The minimum Gasteiger partial charge on any atom is -0.457 e. The number of carbonyl (C=O) groups excluding carboxylic acids is 2. The van der Waals surface area contributed by atoms with Crippen molar-refractivity contribution >= 4 is 44.7 Å². The lowest BCUT2D eigenvalue weighted by molar-refractivity contribution is -0.115. The SMILES string of the molecule is CC(C)c1ccc(NS(=O)(=O)c2ccc(Oc3ccc(/C=C4/SC(=O)NC4=O)cc3)cc2)cc1. The Morgan fingerprint density at radius 3 is 2.00 bits per heavy atom. The summed E-state index contributed by atoms with van der Waals surface area (Å²) in [6, 6.07) is 20.4. The third-order valence-corrected chi connectivity index (χ3v) is 7.23. The highest BCUT2D eigenvalue weighted by atomic mass is 32.2. The Balaban J connectivity index is 1.40. The smallest absolute Gasteiger partial charge is 0.290 e. The van der Waals surface area contributed by atoms with E-state index in [1.165, 1.54) is 12.1 Å². The van der Waals surface area contributed by atoms with Crippen LogP contribution in [0.2, 0.25) is 0 Å². The number of imide groups is 1. The molecule has 2 N–H and O–H groups in total. The Labute approximate surface area is 202 Å². The van der Waals surface area contributed by atoms with E-state index in [1.807, 2.05) is 12.1 Å². The van der Waals surface area contributed by atoms with Gasteiger partial charge in [0.15, 0.2) is 0 Å². The monoisotopic (exact) mass is 494 g/mol. The standard InChI is InChI=1S/C25H22N2O5S2/c1-16(2)18-5-7-19(8-6-18)27-34(30,31)22-13-11-21(12-14-22)32-20-9-3-17(4-10-20)15-23-24(28)26-25(29)33-23/h3-16,27H,1-2H3,(H,26,28,29)/b23-15+. The predicted molar refractivity (Wildman–Crippen MR) is 133 cm³/mol. The summed E-state index contributed by atoms with van der Waals surface area (Å²) in [5.74, 6) is 0.973. The number of rotatable bonds is 7. The maximum atomic E-state index is 12.7. The minimum atomic E-state index is -3.73. The van der Waals surface area contributed by atoms with Gasteiger partial charge < -0.3 is 4.74 Å². The number of hydrogen-bond acceptors (Lipinski definition) is 6. The number of hydrogen-bond donors (Lipinski definition) is 2. The molecule has 0 spiro atoms. The average molecular weight is 495 g/mol. The number of sulfonamides is 1. The molecule has 0 aliphatic carbocycles. The van der Waals surface area contributed by atoms with Crippen LogP contribution in [0.4, 0.5) is 10.5 Å². The highest BCUT2D eigenvalue weighted by Crippen LogP contribution is 2.28. The number of carbonyl (C=O) groups is 2. The number of amides is 2. The molecular weight excluding hydrogens is 472 g/mol. The van der Waals surface area contributed by atoms with Gasteiger partial charge in [-0.15, -0.1) is 0 Å². The van der Waals surface area contributed by atoms with Crippen molar-refractivity contribution in [3.63, 3.8) is 0 Å². The molecule has 1 aliphatic heterocycles. The number of thioether (sulfide) groups is 1. The summed E-state index contributed by atoms with van der Waals surface area (Å²) in [4.78, 5) is 23.3. The Morgan fingerprint density at radius 2 is 1.47 bits per heavy atom. The van der Waals surface area contributed by atoms with Crippen LogP contribution >= 0.6 is 11.8 Å². The Morgan fingerprint density at radius 1 is 0.882 bits per heavy atom. The topological polar surface area (TPSA) is 102 Å². The summed E-state index contributed by atoms with van der Waals surface area (Å²) < 4.78 is 33.8. The lowest BCUT2D eigenvalue weighted by atomic mass is 10.0. The number of ether oxygens (including phenoxy) is 1. The lowest BCUT2D eigenvalue weighted by Crippen LogP contribution is -2.17. The Hall–Kier alpha value is -3.56. The first-order chi connectivity index (χ1) is 16.2. The molecule has 1 saturated heterocycles. The van der Waals surface area contributed by atoms with Crippen molar-refractivity contribution < 1.29 is 22.7 Å². The van der Waals surface area contributed by atoms with Crippen molar-refractivity contribution in [2.45, 2.75) is 24.7 Å². The lowest BCUT2D eigenvalue weighted by Gasteiger charge is -2.11. The molecule has 0 unspecified atom stereocenters. The molecule has 3 aromatic carbocycles. The van der Waals surface area contributed by atoms with Gasteiger partial charge >= 0.3 is 0 Å². The molecule has 0 atom stereocenters. The second-order valence-corrected chi connectivity index (χ2v) is 10.6. The molecule has 9 heteroatoms. The highest BCUT2D eigenvalue weighted by molar-refractivity contribution is 8.18. The zero-order valence-electron chi connectivity index (χ0n) is 18.4. The van der Waals surface area contributed by atoms with E-state index in [0.29, 0.717) is 28.0 Å². The van der Waals surface area contributed by atoms with Crippen molar-refractivity contribution in [1.82, 2.24) is 5.32 Å². The molecule has 3 aromatic rings. The van der Waals surface area contributed by atoms with Crippen LogP contribution in [0, 0.1) is 0 Å². The van der Waals surface area contributed by atoms with Gasteiger partial charge in [0.05, 0.1) is 9.80 Å². The van der Waals surface area contributed by atoms with E-state index in [2.05, 4.69) is 23.9 Å². The zero-order chi connectivity index (χ0) is 24.3. The van der Waals surface area contributed by atoms with Gasteiger partial charge in [-0.25, -0.2) is 8.42 Å². The van der Waals surface area contributed by atoms with Gasteiger partial charge in [0.25, 0.3) is 21.2 Å². The second-order valence-electron chi connectivity index (χ2n) is 7.88. The largest absolute Gasteiger partial charge is 0.457 e. The normalized spacial score (nSPS) is 15.0. The maximum Gasteiger partial charge on any atom is 0.290 e. The van der Waals surface area contributed by atoms with Crippen LogP contribution in [0.3, 0.4) is 0 Å². The third-order valence-electron chi connectivity index (χ3n) is 5.02. The van der Waals surface area contributed by atoms with Gasteiger partial charge in [-0.3, -0.25) is 19.6 Å². The molecule has 34 heavy (non-hydrogen) atoms. The summed E-state index contributed by atoms with van der Waals surface area (Å²) >= 11 is 0.857. The van der Waals surface area contributed by atoms with E-state index >= 15 is 0 Å². The molecule has 1 fully saturated rings. The van der Waals surface area contributed by atoms with Crippen LogP contribution in [0.15, 0.2) is 82.6 Å². The van der Waals surface area contributed by atoms with Gasteiger partial charge in [0.1, 0.15) is 11.5 Å². The molecule has 1 aliphatic rings. The highest BCUT2D eigenvalue weighted by Gasteiger charge is 2.24. The minimum absolute atomic E-state index is 0.122. The fourth-order valence-corrected chi connectivity index (χ4v) is 4.92. The van der Waals surface area contributed by atoms with Crippen molar-refractivity contribution in [3.05, 3.63) is 88.8 Å². The maximum absolute atomic E-state index is 12.7. The Kier molecular flexibility index (Phi) is 6.76. The second kappa shape index (κ2) is 9.74. The predicted octanol–water partition coefficient (Wildman–Crippen LogP) is 5.73. The van der Waals surface area contributed by atoms with Gasteiger partial charge in [-0.1, -0.05) is 38.1 Å². The van der Waals surface area contributed by atoms with E-state index in [-0.39, 0.29) is 10.1 Å². The molecule has 7 nitrogen and oxygen atoms in total. The zero-order valence-corrected chi connectivity index (χ0v) is 20.1. The summed E-state index contributed by atoms with van der Waals surface area (Å²) in [5.41, 5.74) is 2.37. The van der Waals surface area contributed by atoms with Gasteiger partial charge in [-0.05, 0) is 83.4 Å². The van der Waals surface area contributed by atoms with Crippen molar-refractivity contribution in [1.29, 1.82) is 0 Å². The van der Waals surface area contributed by atoms with Gasteiger partial charge in [-0.2, -0.15) is 0 Å². The molecule has 4 rings (SSSR count). The van der Waals surface area contributed by atoms with Crippen LogP contribution in [-0.2, 0) is 14.8 Å². The summed E-state index contributed by atoms with van der Waals surface area (Å²) in [6.45, 7) is 4.15. The first-order valence-electron chi connectivity index (χ1n) is 10.5. The molecule has 174 valence electrons. The molecule has 0 aromatic heterocycles.